The number of urea groups is 1. The molecular weight excluding hydrogens is 469 g/mol. The smallest absolute Gasteiger partial charge is 0.319 e. The Balaban J connectivity index is 1.29. The molecule has 0 spiro atoms. The molecule has 2 saturated heterocycles. The summed E-state index contributed by atoms with van der Waals surface area (Å²) >= 11 is 6.44. The molecule has 3 aromatic rings. The van der Waals surface area contributed by atoms with Gasteiger partial charge in [0.15, 0.2) is 0 Å². The van der Waals surface area contributed by atoms with E-state index in [1.807, 2.05) is 19.2 Å². The summed E-state index contributed by atoms with van der Waals surface area (Å²) in [6.07, 6.45) is 6.75. The zero-order valence-corrected chi connectivity index (χ0v) is 20.4. The summed E-state index contributed by atoms with van der Waals surface area (Å²) in [5, 5.41) is 10.2. The van der Waals surface area contributed by atoms with E-state index in [1.54, 1.807) is 35.1 Å². The molecule has 2 aliphatic heterocycles. The first-order valence-electron chi connectivity index (χ1n) is 12.0. The van der Waals surface area contributed by atoms with Crippen LogP contribution in [0.25, 0.3) is 11.3 Å². The van der Waals surface area contributed by atoms with E-state index in [4.69, 9.17) is 16.3 Å². The Morgan fingerprint density at radius 1 is 1.17 bits per heavy atom. The lowest BCUT2D eigenvalue weighted by Crippen LogP contribution is -2.32. The quantitative estimate of drug-likeness (QED) is 0.448. The monoisotopic (exact) mass is 497 g/mol. The lowest BCUT2D eigenvalue weighted by Gasteiger charge is -2.22. The van der Waals surface area contributed by atoms with Crippen molar-refractivity contribution in [1.29, 1.82) is 0 Å². The fraction of sp³-hybridized carbons (Fsp3) is 0.385. The van der Waals surface area contributed by atoms with E-state index in [2.05, 4.69) is 20.6 Å². The number of hydrogen-bond acceptors (Lipinski definition) is 4. The van der Waals surface area contributed by atoms with E-state index >= 15 is 0 Å². The van der Waals surface area contributed by atoms with Gasteiger partial charge in [-0.3, -0.25) is 9.58 Å². The summed E-state index contributed by atoms with van der Waals surface area (Å²) < 4.78 is 21.7. The number of ether oxygens (including phenoxy) is 1. The molecule has 2 amide bonds. The fourth-order valence-corrected chi connectivity index (χ4v) is 5.54. The van der Waals surface area contributed by atoms with Gasteiger partial charge in [-0.1, -0.05) is 29.8 Å². The van der Waals surface area contributed by atoms with E-state index in [0.29, 0.717) is 46.4 Å². The number of rotatable bonds is 8. The van der Waals surface area contributed by atoms with Crippen molar-refractivity contribution in [3.05, 3.63) is 65.1 Å². The second kappa shape index (κ2) is 10.3. The van der Waals surface area contributed by atoms with Crippen molar-refractivity contribution >= 4 is 23.3 Å². The summed E-state index contributed by atoms with van der Waals surface area (Å²) in [4.78, 5) is 15.1. The standard InChI is InChI=1S/C26H29ClFN5O2/c1-32-25(22(27)16-30-32)21-14-18(31-26(34)29-15-17-4-2-3-5-23(17)28)6-11-24(21)35-13-12-33-19-7-8-20(33)10-9-19/h2-6,11,14,16,19-20H,7-10,12-13,15H2,1H3,(H2,29,31,34). The molecule has 0 atom stereocenters. The normalized spacial score (nSPS) is 19.2. The van der Waals surface area contributed by atoms with Crippen molar-refractivity contribution in [3.8, 4) is 17.0 Å². The minimum atomic E-state index is -0.437. The van der Waals surface area contributed by atoms with Gasteiger partial charge in [-0.25, -0.2) is 9.18 Å². The van der Waals surface area contributed by atoms with Gasteiger partial charge in [-0.2, -0.15) is 5.10 Å². The molecule has 9 heteroatoms. The minimum absolute atomic E-state index is 0.0819. The lowest BCUT2D eigenvalue weighted by molar-refractivity contribution is 0.194. The number of carbonyl (C=O) groups excluding carboxylic acids is 1. The van der Waals surface area contributed by atoms with Crippen molar-refractivity contribution in [2.75, 3.05) is 18.5 Å². The molecule has 1 aromatic heterocycles. The number of benzene rings is 2. The number of carbonyl (C=O) groups is 1. The molecular formula is C26H29ClFN5O2. The van der Waals surface area contributed by atoms with Crippen LogP contribution in [0.5, 0.6) is 5.75 Å². The van der Waals surface area contributed by atoms with Crippen LogP contribution in [-0.4, -0.2) is 45.9 Å². The summed E-state index contributed by atoms with van der Waals surface area (Å²) in [5.74, 6) is 0.323. The predicted molar refractivity (Wildman–Crippen MR) is 134 cm³/mol. The van der Waals surface area contributed by atoms with E-state index in [-0.39, 0.29) is 12.4 Å². The average molecular weight is 498 g/mol. The van der Waals surface area contributed by atoms with Gasteiger partial charge >= 0.3 is 6.03 Å². The number of halogens is 2. The lowest BCUT2D eigenvalue weighted by atomic mass is 10.0. The second-order valence-electron chi connectivity index (χ2n) is 9.12. The zero-order chi connectivity index (χ0) is 24.4. The van der Waals surface area contributed by atoms with Crippen LogP contribution in [0, 0.1) is 5.82 Å². The third kappa shape index (κ3) is 5.13. The molecule has 35 heavy (non-hydrogen) atoms. The number of nitrogens with zero attached hydrogens (tertiary/aromatic N) is 3. The third-order valence-electron chi connectivity index (χ3n) is 7.00. The zero-order valence-electron chi connectivity index (χ0n) is 19.6. The average Bonchev–Trinajstić information content (AvgIpc) is 3.53. The van der Waals surface area contributed by atoms with Gasteiger partial charge in [0.1, 0.15) is 18.2 Å². The van der Waals surface area contributed by atoms with Crippen molar-refractivity contribution in [1.82, 2.24) is 20.0 Å². The topological polar surface area (TPSA) is 71.4 Å². The highest BCUT2D eigenvalue weighted by molar-refractivity contribution is 6.33. The van der Waals surface area contributed by atoms with Crippen molar-refractivity contribution in [3.63, 3.8) is 0 Å². The largest absolute Gasteiger partial charge is 0.492 e. The number of nitrogens with one attached hydrogen (secondary N) is 2. The minimum Gasteiger partial charge on any atom is -0.492 e. The molecule has 2 bridgehead atoms. The Morgan fingerprint density at radius 3 is 2.60 bits per heavy atom. The molecule has 2 aromatic carbocycles. The SMILES string of the molecule is Cn1ncc(Cl)c1-c1cc(NC(=O)NCc2ccccc2F)ccc1OCCN1C2CCC1CC2. The highest BCUT2D eigenvalue weighted by atomic mass is 35.5. The van der Waals surface area contributed by atoms with Crippen LogP contribution in [0.2, 0.25) is 5.02 Å². The highest BCUT2D eigenvalue weighted by Gasteiger charge is 2.38. The van der Waals surface area contributed by atoms with E-state index in [9.17, 15) is 9.18 Å². The molecule has 0 saturated carbocycles. The molecule has 7 nitrogen and oxygen atoms in total. The van der Waals surface area contributed by atoms with Crippen molar-refractivity contribution in [2.24, 2.45) is 7.05 Å². The number of hydrogen-bond donors (Lipinski definition) is 2. The summed E-state index contributed by atoms with van der Waals surface area (Å²) in [6.45, 7) is 1.55. The van der Waals surface area contributed by atoms with Crippen LogP contribution in [0.15, 0.2) is 48.7 Å². The summed E-state index contributed by atoms with van der Waals surface area (Å²) in [7, 11) is 1.81. The number of fused-ring (bicyclic) bond motifs is 2. The van der Waals surface area contributed by atoms with Gasteiger partial charge in [-0.15, -0.1) is 0 Å². The van der Waals surface area contributed by atoms with Crippen LogP contribution in [0.1, 0.15) is 31.2 Å². The van der Waals surface area contributed by atoms with Gasteiger partial charge in [0.25, 0.3) is 0 Å². The van der Waals surface area contributed by atoms with E-state index in [1.165, 1.54) is 31.7 Å². The molecule has 5 rings (SSSR count). The van der Waals surface area contributed by atoms with Crippen LogP contribution < -0.4 is 15.4 Å². The van der Waals surface area contributed by atoms with Gasteiger partial charge in [0, 0.05) is 49.0 Å². The third-order valence-corrected chi connectivity index (χ3v) is 7.27. The molecule has 184 valence electrons. The molecule has 2 aliphatic rings. The summed E-state index contributed by atoms with van der Waals surface area (Å²) in [6, 6.07) is 12.7. The Morgan fingerprint density at radius 2 is 1.91 bits per heavy atom. The van der Waals surface area contributed by atoms with Gasteiger partial charge in [-0.05, 0) is 49.9 Å². The number of aryl methyl sites for hydroxylation is 1. The van der Waals surface area contributed by atoms with Crippen LogP contribution in [-0.2, 0) is 13.6 Å². The molecule has 3 heterocycles. The van der Waals surface area contributed by atoms with Crippen molar-refractivity contribution < 1.29 is 13.9 Å². The second-order valence-corrected chi connectivity index (χ2v) is 9.53. The Bertz CT molecular complexity index is 1180. The fourth-order valence-electron chi connectivity index (χ4n) is 5.27. The first-order chi connectivity index (χ1) is 17.0. The first-order valence-corrected chi connectivity index (χ1v) is 12.4. The highest BCUT2D eigenvalue weighted by Crippen LogP contribution is 2.38. The number of amides is 2. The Labute approximate surface area is 209 Å². The van der Waals surface area contributed by atoms with E-state index < -0.39 is 6.03 Å². The molecule has 0 radical (unpaired) electrons. The Hall–Kier alpha value is -3.10. The van der Waals surface area contributed by atoms with Crippen LogP contribution >= 0.6 is 11.6 Å². The van der Waals surface area contributed by atoms with Gasteiger partial charge in [0.05, 0.1) is 16.9 Å². The van der Waals surface area contributed by atoms with Gasteiger partial charge < -0.3 is 15.4 Å². The Kier molecular flexibility index (Phi) is 6.92. The van der Waals surface area contributed by atoms with Gasteiger partial charge in [0.2, 0.25) is 0 Å². The maximum atomic E-state index is 13.8. The predicted octanol–water partition coefficient (Wildman–Crippen LogP) is 5.21. The maximum Gasteiger partial charge on any atom is 0.319 e. The summed E-state index contributed by atoms with van der Waals surface area (Å²) in [5.41, 5.74) is 2.43. The van der Waals surface area contributed by atoms with Crippen molar-refractivity contribution in [2.45, 2.75) is 44.3 Å². The molecule has 0 unspecified atom stereocenters. The molecule has 2 N–H and O–H groups in total. The maximum absolute atomic E-state index is 13.8. The first kappa shape index (κ1) is 23.6. The molecule has 2 fully saturated rings. The van der Waals surface area contributed by atoms with Crippen LogP contribution in [0.3, 0.4) is 0 Å². The van der Waals surface area contributed by atoms with Crippen LogP contribution in [0.4, 0.5) is 14.9 Å². The number of aromatic nitrogens is 2. The molecule has 0 aliphatic carbocycles. The number of anilines is 1. The van der Waals surface area contributed by atoms with E-state index in [0.717, 1.165) is 12.1 Å².